The van der Waals surface area contributed by atoms with Crippen LogP contribution in [0.5, 0.6) is 0 Å². The first-order valence-corrected chi connectivity index (χ1v) is 6.30. The summed E-state index contributed by atoms with van der Waals surface area (Å²) in [4.78, 5) is 0. The van der Waals surface area contributed by atoms with Gasteiger partial charge >= 0.3 is 75.3 Å². The van der Waals surface area contributed by atoms with E-state index in [0.717, 1.165) is 0 Å². The van der Waals surface area contributed by atoms with Gasteiger partial charge in [0.15, 0.2) is 0 Å². The zero-order valence-corrected chi connectivity index (χ0v) is 12.5. The van der Waals surface area contributed by atoms with E-state index in [0.29, 0.717) is 0 Å². The van der Waals surface area contributed by atoms with Crippen LogP contribution in [-0.2, 0) is 8.46 Å². The minimum absolute atomic E-state index is 0. The third-order valence-corrected chi connectivity index (χ3v) is 0. The molecule has 0 saturated carbocycles. The van der Waals surface area contributed by atoms with E-state index in [-0.39, 0.29) is 26.2 Å². The van der Waals surface area contributed by atoms with Crippen LogP contribution in [0.1, 0.15) is 0 Å². The average molecular weight is 529 g/mol. The molecule has 4 heavy (non-hydrogen) atoms. The van der Waals surface area contributed by atoms with Gasteiger partial charge in [0.1, 0.15) is 0 Å². The fraction of sp³-hybridized carbons (Fsp3) is 0. The second-order valence-corrected chi connectivity index (χ2v) is 7.99. The van der Waals surface area contributed by atoms with Crippen molar-refractivity contribution in [1.29, 1.82) is 0 Å². The molecule has 0 saturated heterocycles. The summed E-state index contributed by atoms with van der Waals surface area (Å²) in [5, 5.41) is 0. The Hall–Kier alpha value is 2.86. The maximum atomic E-state index is 2.18. The number of hydrogen-bond donors (Lipinski definition) is 0. The molecule has 0 atom stereocenters. The van der Waals surface area contributed by atoms with Gasteiger partial charge in [0.25, 0.3) is 0 Å². The van der Waals surface area contributed by atoms with Crippen LogP contribution in [0.2, 0.25) is 0 Å². The second kappa shape index (κ2) is 9.29. The van der Waals surface area contributed by atoms with Gasteiger partial charge in [0.05, 0.1) is 0 Å². The quantitative estimate of drug-likeness (QED) is 0.319. The fourth-order valence-corrected chi connectivity index (χ4v) is 0. The summed E-state index contributed by atoms with van der Waals surface area (Å²) < 4.78 is 0. The predicted octanol–water partition coefficient (Wildman–Crippen LogP) is 0.585. The Bertz CT molecular complexity index is 6.00. The molecule has 0 amide bonds. The summed E-state index contributed by atoms with van der Waals surface area (Å²) in [6.45, 7) is 0. The summed E-state index contributed by atoms with van der Waals surface area (Å²) in [6, 6.07) is 0. The minimum atomic E-state index is 0. The summed E-state index contributed by atoms with van der Waals surface area (Å²) in [6.07, 6.45) is 0. The first-order chi connectivity index (χ1) is 1.41. The first-order valence-electron chi connectivity index (χ1n) is 0.228. The van der Waals surface area contributed by atoms with Crippen molar-refractivity contribution in [2.45, 2.75) is 0 Å². The fourth-order valence-electron chi connectivity index (χ4n) is 0. The van der Waals surface area contributed by atoms with Gasteiger partial charge in [0, 0.05) is 0 Å². The molecule has 0 aromatic heterocycles. The van der Waals surface area contributed by atoms with Crippen LogP contribution in [0.25, 0.3) is 0 Å². The van der Waals surface area contributed by atoms with E-state index in [1.807, 2.05) is 0 Å². The van der Waals surface area contributed by atoms with Gasteiger partial charge in [-0.25, -0.2) is 0 Å². The molecule has 0 fully saturated rings. The van der Waals surface area contributed by atoms with Crippen molar-refractivity contribution in [3.8, 4) is 0 Å². The zero-order chi connectivity index (χ0) is 2.71. The molecule has 0 spiro atoms. The van der Waals surface area contributed by atoms with Crippen molar-refractivity contribution in [3.05, 3.63) is 0 Å². The topological polar surface area (TPSA) is 0 Å². The Morgan fingerprint density at radius 1 is 1.25 bits per heavy atom. The van der Waals surface area contributed by atoms with Gasteiger partial charge in [-0.05, 0) is 0 Å². The van der Waals surface area contributed by atoms with E-state index in [1.54, 1.807) is 8.46 Å². The van der Waals surface area contributed by atoms with Crippen molar-refractivity contribution in [2.75, 3.05) is 0 Å². The Morgan fingerprint density at radius 3 is 1.25 bits per heavy atom. The molecule has 0 heterocycles. The van der Waals surface area contributed by atoms with Crippen molar-refractivity contribution >= 4 is 66.9 Å². The first kappa shape index (κ1) is 9.98. The van der Waals surface area contributed by atoms with Gasteiger partial charge in [-0.1, -0.05) is 0 Å². The van der Waals surface area contributed by atoms with Gasteiger partial charge < -0.3 is 0 Å². The molecule has 0 N–H and O–H groups in total. The standard InChI is InChI=1S/Bi.Cu.2HI.3H/h;;2*1H;;;/q;+2;;;;;/p-2. The van der Waals surface area contributed by atoms with Crippen LogP contribution >= 0.6 is 40.7 Å². The summed E-state index contributed by atoms with van der Waals surface area (Å²) in [7, 11) is 1.75. The van der Waals surface area contributed by atoms with Crippen molar-refractivity contribution in [3.63, 3.8) is 0 Å². The molecule has 0 aromatic carbocycles. The van der Waals surface area contributed by atoms with Crippen LogP contribution in [0.3, 0.4) is 0 Å². The molecular weight excluding hydrogens is 526 g/mol. The Kier molecular flexibility index (Phi) is 23.2. The van der Waals surface area contributed by atoms with Crippen LogP contribution < -0.4 is 0 Å². The normalized spacial score (nSPS) is 5.50. The molecule has 0 radical (unpaired) electrons. The number of hydrogen-bond acceptors (Lipinski definition) is 0. The molecule has 4 heteroatoms. The van der Waals surface area contributed by atoms with E-state index >= 15 is 0 Å². The Balaban J connectivity index is 0. The number of rotatable bonds is 0. The predicted molar refractivity (Wildman–Crippen MR) is 38.0 cm³/mol. The van der Waals surface area contributed by atoms with Gasteiger partial charge in [0.2, 0.25) is 0 Å². The third-order valence-electron chi connectivity index (χ3n) is 0. The maximum absolute atomic E-state index is 2.18. The molecule has 33 valence electrons. The zero-order valence-electron chi connectivity index (χ0n) is 1.76. The Morgan fingerprint density at radius 2 is 1.25 bits per heavy atom. The van der Waals surface area contributed by atoms with Crippen LogP contribution in [-0.4, -0.2) is 26.2 Å². The van der Waals surface area contributed by atoms with E-state index in [9.17, 15) is 0 Å². The second-order valence-electron chi connectivity index (χ2n) is 0.0431. The van der Waals surface area contributed by atoms with Gasteiger partial charge in [-0.3, -0.25) is 0 Å². The van der Waals surface area contributed by atoms with E-state index < -0.39 is 0 Å². The molecule has 0 unspecified atom stereocenters. The van der Waals surface area contributed by atoms with Gasteiger partial charge in [-0.15, -0.1) is 0 Å². The SMILES string of the molecule is [BiH3].[I][Cu][I]. The van der Waals surface area contributed by atoms with E-state index in [2.05, 4.69) is 40.7 Å². The summed E-state index contributed by atoms with van der Waals surface area (Å²) in [5.74, 6) is 0. The molecular formula is H3BiCuI2. The Labute approximate surface area is 73.6 Å². The van der Waals surface area contributed by atoms with Crippen LogP contribution in [0.4, 0.5) is 0 Å². The van der Waals surface area contributed by atoms with Crippen LogP contribution in [0, 0.1) is 0 Å². The van der Waals surface area contributed by atoms with Gasteiger partial charge in [-0.2, -0.15) is 0 Å². The monoisotopic (exact) mass is 529 g/mol. The molecule has 0 aliphatic carbocycles. The molecule has 0 rings (SSSR count). The summed E-state index contributed by atoms with van der Waals surface area (Å²) in [5.41, 5.74) is 0. The van der Waals surface area contributed by atoms with E-state index in [4.69, 9.17) is 0 Å². The van der Waals surface area contributed by atoms with E-state index in [1.165, 1.54) is 0 Å². The summed E-state index contributed by atoms with van der Waals surface area (Å²) >= 11 is 4.36. The molecule has 0 aromatic rings. The van der Waals surface area contributed by atoms with Crippen LogP contribution in [0.15, 0.2) is 0 Å². The van der Waals surface area contributed by atoms with Crippen molar-refractivity contribution < 1.29 is 8.46 Å². The molecule has 0 aliphatic rings. The average Bonchev–Trinajstić information content (AvgIpc) is 0.918. The molecule has 0 aliphatic heterocycles. The molecule has 0 bridgehead atoms. The molecule has 0 nitrogen and oxygen atoms in total. The van der Waals surface area contributed by atoms with Crippen molar-refractivity contribution in [2.24, 2.45) is 0 Å². The third kappa shape index (κ3) is 8.85. The number of halogens is 2. The van der Waals surface area contributed by atoms with Crippen molar-refractivity contribution in [1.82, 2.24) is 0 Å².